The zero-order valence-electron chi connectivity index (χ0n) is 12.6. The van der Waals surface area contributed by atoms with Gasteiger partial charge in [0, 0.05) is 23.8 Å². The summed E-state index contributed by atoms with van der Waals surface area (Å²) in [6.07, 6.45) is 1.89. The van der Waals surface area contributed by atoms with Crippen LogP contribution in [0.4, 0.5) is 5.69 Å². The molecule has 0 aliphatic rings. The Kier molecular flexibility index (Phi) is 6.97. The summed E-state index contributed by atoms with van der Waals surface area (Å²) in [4.78, 5) is 0.125. The molecular weight excluding hydrogens is 376 g/mol. The first-order valence-electron chi connectivity index (χ1n) is 7.02. The normalized spacial score (nSPS) is 12.3. The Morgan fingerprint density at radius 2 is 1.86 bits per heavy atom. The third-order valence-corrected chi connectivity index (χ3v) is 6.95. The van der Waals surface area contributed by atoms with Crippen LogP contribution in [-0.4, -0.2) is 25.8 Å². The number of nitrogens with two attached hydrogens (primary N) is 1. The van der Waals surface area contributed by atoms with E-state index in [1.165, 1.54) is 16.4 Å². The van der Waals surface area contributed by atoms with E-state index in [1.807, 2.05) is 6.92 Å². The van der Waals surface area contributed by atoms with Crippen LogP contribution < -0.4 is 5.73 Å². The van der Waals surface area contributed by atoms with Gasteiger partial charge in [-0.2, -0.15) is 4.31 Å². The average Bonchev–Trinajstić information content (AvgIpc) is 2.43. The van der Waals surface area contributed by atoms with Crippen LogP contribution in [-0.2, 0) is 10.0 Å². The van der Waals surface area contributed by atoms with E-state index in [9.17, 15) is 8.42 Å². The van der Waals surface area contributed by atoms with E-state index >= 15 is 0 Å². The number of anilines is 1. The molecule has 0 amide bonds. The maximum Gasteiger partial charge on any atom is 0.244 e. The molecule has 0 aromatic heterocycles. The second-order valence-corrected chi connectivity index (χ2v) is 8.08. The molecule has 0 atom stereocenters. The largest absolute Gasteiger partial charge is 0.398 e. The van der Waals surface area contributed by atoms with Crippen LogP contribution in [0.25, 0.3) is 0 Å². The van der Waals surface area contributed by atoms with Crippen LogP contribution >= 0.6 is 27.5 Å². The molecule has 0 heterocycles. The molecule has 7 heteroatoms. The molecule has 0 aliphatic carbocycles. The SMILES string of the molecule is CCC(CC)CN(CC)S(=O)(=O)c1cc(Cl)cc(N)c1Br. The lowest BCUT2D eigenvalue weighted by molar-refractivity contribution is 0.339. The van der Waals surface area contributed by atoms with Crippen LogP contribution in [0.15, 0.2) is 21.5 Å². The molecule has 4 nitrogen and oxygen atoms in total. The number of nitrogen functional groups attached to an aromatic ring is 1. The number of benzene rings is 1. The van der Waals surface area contributed by atoms with Crippen LogP contribution in [0.3, 0.4) is 0 Å². The Hall–Kier alpha value is -0.300. The molecule has 1 rings (SSSR count). The predicted octanol–water partition coefficient (Wildman–Crippen LogP) is 4.13. The molecule has 2 N–H and O–H groups in total. The fourth-order valence-corrected chi connectivity index (χ4v) is 4.92. The van der Waals surface area contributed by atoms with Crippen LogP contribution in [0, 0.1) is 5.92 Å². The number of hydrogen-bond donors (Lipinski definition) is 1. The first-order chi connectivity index (χ1) is 9.77. The van der Waals surface area contributed by atoms with Gasteiger partial charge in [0.05, 0.1) is 9.37 Å². The molecule has 1 aromatic carbocycles. The third kappa shape index (κ3) is 4.34. The summed E-state index contributed by atoms with van der Waals surface area (Å²) in [5.41, 5.74) is 6.12. The van der Waals surface area contributed by atoms with E-state index < -0.39 is 10.0 Å². The number of sulfonamides is 1. The topological polar surface area (TPSA) is 63.4 Å². The van der Waals surface area contributed by atoms with Gasteiger partial charge in [0.15, 0.2) is 0 Å². The summed E-state index contributed by atoms with van der Waals surface area (Å²) in [5, 5.41) is 0.313. The summed E-state index contributed by atoms with van der Waals surface area (Å²) in [6.45, 7) is 6.90. The number of hydrogen-bond acceptors (Lipinski definition) is 3. The first kappa shape index (κ1) is 18.7. The van der Waals surface area contributed by atoms with E-state index in [2.05, 4.69) is 29.8 Å². The molecule has 0 aliphatic heterocycles. The smallest absolute Gasteiger partial charge is 0.244 e. The Bertz CT molecular complexity index is 589. The minimum atomic E-state index is -3.62. The summed E-state index contributed by atoms with van der Waals surface area (Å²) >= 11 is 9.21. The molecule has 0 saturated carbocycles. The molecule has 0 fully saturated rings. The first-order valence-corrected chi connectivity index (χ1v) is 9.63. The zero-order chi connectivity index (χ0) is 16.2. The van der Waals surface area contributed by atoms with Crippen molar-refractivity contribution in [2.75, 3.05) is 18.8 Å². The van der Waals surface area contributed by atoms with E-state index in [4.69, 9.17) is 17.3 Å². The molecule has 0 bridgehead atoms. The van der Waals surface area contributed by atoms with Gasteiger partial charge in [0.1, 0.15) is 0 Å². The number of rotatable bonds is 7. The van der Waals surface area contributed by atoms with Crippen molar-refractivity contribution < 1.29 is 8.42 Å². The van der Waals surface area contributed by atoms with Gasteiger partial charge in [-0.1, -0.05) is 45.2 Å². The van der Waals surface area contributed by atoms with Crippen LogP contribution in [0.5, 0.6) is 0 Å². The summed E-state index contributed by atoms with van der Waals surface area (Å²) < 4.78 is 27.5. The molecular formula is C14H22BrClN2O2S. The molecule has 0 unspecified atom stereocenters. The summed E-state index contributed by atoms with van der Waals surface area (Å²) in [6, 6.07) is 2.97. The highest BCUT2D eigenvalue weighted by molar-refractivity contribution is 9.10. The minimum absolute atomic E-state index is 0.125. The van der Waals surface area contributed by atoms with Crippen molar-refractivity contribution in [3.8, 4) is 0 Å². The van der Waals surface area contributed by atoms with Crippen molar-refractivity contribution >= 4 is 43.2 Å². The van der Waals surface area contributed by atoms with Gasteiger partial charge in [-0.25, -0.2) is 8.42 Å². The maximum absolute atomic E-state index is 12.8. The van der Waals surface area contributed by atoms with Gasteiger partial charge in [-0.15, -0.1) is 0 Å². The Balaban J connectivity index is 3.25. The van der Waals surface area contributed by atoms with E-state index in [-0.39, 0.29) is 4.90 Å². The van der Waals surface area contributed by atoms with E-state index in [0.29, 0.717) is 34.2 Å². The van der Waals surface area contributed by atoms with Gasteiger partial charge >= 0.3 is 0 Å². The van der Waals surface area contributed by atoms with Gasteiger partial charge in [-0.05, 0) is 34.0 Å². The average molecular weight is 398 g/mol. The minimum Gasteiger partial charge on any atom is -0.398 e. The maximum atomic E-state index is 12.8. The van der Waals surface area contributed by atoms with Crippen molar-refractivity contribution in [2.45, 2.75) is 38.5 Å². The van der Waals surface area contributed by atoms with Crippen molar-refractivity contribution in [3.05, 3.63) is 21.6 Å². The van der Waals surface area contributed by atoms with Gasteiger partial charge < -0.3 is 5.73 Å². The molecule has 120 valence electrons. The van der Waals surface area contributed by atoms with Crippen LogP contribution in [0.1, 0.15) is 33.6 Å². The standard InChI is InChI=1S/C14H22BrClN2O2S/c1-4-10(5-2)9-18(6-3)21(19,20)13-8-11(16)7-12(17)14(13)15/h7-8,10H,4-6,9,17H2,1-3H3. The highest BCUT2D eigenvalue weighted by Gasteiger charge is 2.28. The van der Waals surface area contributed by atoms with Crippen molar-refractivity contribution in [1.29, 1.82) is 0 Å². The monoisotopic (exact) mass is 396 g/mol. The second kappa shape index (κ2) is 7.81. The second-order valence-electron chi connectivity index (χ2n) is 4.95. The van der Waals surface area contributed by atoms with Crippen molar-refractivity contribution in [2.24, 2.45) is 5.92 Å². The quantitative estimate of drug-likeness (QED) is 0.703. The Morgan fingerprint density at radius 3 is 2.33 bits per heavy atom. The molecule has 21 heavy (non-hydrogen) atoms. The van der Waals surface area contributed by atoms with Crippen molar-refractivity contribution in [3.63, 3.8) is 0 Å². The van der Waals surface area contributed by atoms with E-state index in [0.717, 1.165) is 12.8 Å². The fraction of sp³-hybridized carbons (Fsp3) is 0.571. The molecule has 1 aromatic rings. The lowest BCUT2D eigenvalue weighted by Crippen LogP contribution is -2.35. The number of halogens is 2. The molecule has 0 radical (unpaired) electrons. The highest BCUT2D eigenvalue weighted by atomic mass is 79.9. The summed E-state index contributed by atoms with van der Waals surface area (Å²) in [7, 11) is -3.62. The van der Waals surface area contributed by atoms with E-state index in [1.54, 1.807) is 0 Å². The predicted molar refractivity (Wildman–Crippen MR) is 92.1 cm³/mol. The third-order valence-electron chi connectivity index (χ3n) is 3.62. The van der Waals surface area contributed by atoms with Gasteiger partial charge in [-0.3, -0.25) is 0 Å². The zero-order valence-corrected chi connectivity index (χ0v) is 15.7. The lowest BCUT2D eigenvalue weighted by Gasteiger charge is -2.25. The van der Waals surface area contributed by atoms with Gasteiger partial charge in [0.25, 0.3) is 0 Å². The molecule has 0 spiro atoms. The summed E-state index contributed by atoms with van der Waals surface area (Å²) in [5.74, 6) is 0.343. The lowest BCUT2D eigenvalue weighted by atomic mass is 10.0. The van der Waals surface area contributed by atoms with Crippen LogP contribution in [0.2, 0.25) is 5.02 Å². The highest BCUT2D eigenvalue weighted by Crippen LogP contribution is 2.33. The Labute approximate surface area is 140 Å². The van der Waals surface area contributed by atoms with Gasteiger partial charge in [0.2, 0.25) is 10.0 Å². The Morgan fingerprint density at radius 1 is 1.29 bits per heavy atom. The number of nitrogens with zero attached hydrogens (tertiary/aromatic N) is 1. The van der Waals surface area contributed by atoms with Crippen molar-refractivity contribution in [1.82, 2.24) is 4.31 Å². The molecule has 0 saturated heterocycles. The fourth-order valence-electron chi connectivity index (χ4n) is 2.14.